The first-order valence-corrected chi connectivity index (χ1v) is 10.7. The van der Waals surface area contributed by atoms with E-state index in [-0.39, 0.29) is 5.56 Å². The lowest BCUT2D eigenvalue weighted by Gasteiger charge is -2.11. The first-order valence-electron chi connectivity index (χ1n) is 10.3. The molecule has 6 nitrogen and oxygen atoms in total. The number of carbonyl (C=O) groups is 1. The Balaban J connectivity index is 1.46. The number of hydrogen-bond donors (Lipinski definition) is 1. The van der Waals surface area contributed by atoms with Gasteiger partial charge in [-0.3, -0.25) is 4.79 Å². The van der Waals surface area contributed by atoms with E-state index < -0.39 is 17.6 Å². The van der Waals surface area contributed by atoms with E-state index in [4.69, 9.17) is 11.6 Å². The normalized spacial score (nSPS) is 11.5. The maximum Gasteiger partial charge on any atom is 0.416 e. The van der Waals surface area contributed by atoms with Crippen LogP contribution < -0.4 is 5.32 Å². The second-order valence-electron chi connectivity index (χ2n) is 7.61. The Morgan fingerprint density at radius 1 is 0.914 bits per heavy atom. The molecule has 0 atom stereocenters. The van der Waals surface area contributed by atoms with Crippen molar-refractivity contribution in [3.05, 3.63) is 102 Å². The standard InChI is InChI=1S/C25H15ClF3N5O/c26-22-8-7-17(13-31-22)20-14-32-34-21(9-10-30-23(20)34)15-3-2-6-19(12-15)33-24(35)16-4-1-5-18(11-16)25(27,28)29/h1-14H,(H,33,35). The number of nitrogens with one attached hydrogen (secondary N) is 1. The summed E-state index contributed by atoms with van der Waals surface area (Å²) in [5.74, 6) is -0.648. The van der Waals surface area contributed by atoms with Crippen LogP contribution in [0.25, 0.3) is 28.0 Å². The van der Waals surface area contributed by atoms with Crippen LogP contribution in [0.4, 0.5) is 18.9 Å². The van der Waals surface area contributed by atoms with Gasteiger partial charge in [-0.25, -0.2) is 14.5 Å². The number of halogens is 4. The molecule has 0 radical (unpaired) electrons. The van der Waals surface area contributed by atoms with Gasteiger partial charge < -0.3 is 5.32 Å². The molecule has 174 valence electrons. The van der Waals surface area contributed by atoms with Crippen molar-refractivity contribution >= 4 is 28.8 Å². The molecule has 0 aliphatic rings. The molecule has 1 amide bonds. The first-order chi connectivity index (χ1) is 16.8. The number of hydrogen-bond acceptors (Lipinski definition) is 4. The third-order valence-corrected chi connectivity index (χ3v) is 5.53. The van der Waals surface area contributed by atoms with E-state index in [0.717, 1.165) is 28.8 Å². The fourth-order valence-corrected chi connectivity index (χ4v) is 3.76. The number of pyridine rings is 1. The minimum Gasteiger partial charge on any atom is -0.322 e. The van der Waals surface area contributed by atoms with Crippen LogP contribution in [0.3, 0.4) is 0 Å². The third-order valence-electron chi connectivity index (χ3n) is 5.31. The van der Waals surface area contributed by atoms with Crippen LogP contribution in [0.2, 0.25) is 5.15 Å². The number of carbonyl (C=O) groups excluding carboxylic acids is 1. The van der Waals surface area contributed by atoms with Crippen molar-refractivity contribution in [1.82, 2.24) is 19.6 Å². The molecule has 35 heavy (non-hydrogen) atoms. The van der Waals surface area contributed by atoms with Gasteiger partial charge in [0.1, 0.15) is 5.15 Å². The molecule has 0 saturated carbocycles. The number of benzene rings is 2. The SMILES string of the molecule is O=C(Nc1cccc(-c2ccnc3c(-c4ccc(Cl)nc4)cnn23)c1)c1cccc(C(F)(F)F)c1. The van der Waals surface area contributed by atoms with Gasteiger partial charge >= 0.3 is 6.18 Å². The minimum atomic E-state index is -4.53. The molecule has 1 N–H and O–H groups in total. The molecule has 0 fully saturated rings. The Labute approximate surface area is 202 Å². The second-order valence-corrected chi connectivity index (χ2v) is 7.99. The lowest BCUT2D eigenvalue weighted by atomic mass is 10.1. The van der Waals surface area contributed by atoms with Gasteiger partial charge in [-0.1, -0.05) is 29.8 Å². The summed E-state index contributed by atoms with van der Waals surface area (Å²) in [6.07, 6.45) is 0.425. The van der Waals surface area contributed by atoms with E-state index >= 15 is 0 Å². The Hall–Kier alpha value is -4.24. The summed E-state index contributed by atoms with van der Waals surface area (Å²) in [4.78, 5) is 21.2. The van der Waals surface area contributed by atoms with Crippen molar-refractivity contribution in [2.75, 3.05) is 5.32 Å². The smallest absolute Gasteiger partial charge is 0.322 e. The number of alkyl halides is 3. The molecule has 0 unspecified atom stereocenters. The van der Waals surface area contributed by atoms with Crippen molar-refractivity contribution in [3.8, 4) is 22.4 Å². The highest BCUT2D eigenvalue weighted by Gasteiger charge is 2.30. The monoisotopic (exact) mass is 493 g/mol. The molecule has 2 aromatic carbocycles. The molecule has 3 aromatic heterocycles. The average molecular weight is 494 g/mol. The molecule has 3 heterocycles. The van der Waals surface area contributed by atoms with Crippen molar-refractivity contribution in [2.45, 2.75) is 6.18 Å². The van der Waals surface area contributed by atoms with Crippen molar-refractivity contribution in [2.24, 2.45) is 0 Å². The van der Waals surface area contributed by atoms with Gasteiger partial charge in [-0.05, 0) is 48.5 Å². The Morgan fingerprint density at radius 3 is 2.51 bits per heavy atom. The number of nitrogens with zero attached hydrogens (tertiary/aromatic N) is 4. The Kier molecular flexibility index (Phi) is 5.70. The number of amides is 1. The van der Waals surface area contributed by atoms with Crippen LogP contribution in [-0.2, 0) is 6.18 Å². The number of rotatable bonds is 4. The van der Waals surface area contributed by atoms with E-state index in [2.05, 4.69) is 20.4 Å². The van der Waals surface area contributed by atoms with Gasteiger partial charge in [0.15, 0.2) is 5.65 Å². The van der Waals surface area contributed by atoms with Crippen LogP contribution in [-0.4, -0.2) is 25.5 Å². The summed E-state index contributed by atoms with van der Waals surface area (Å²) in [5, 5.41) is 7.50. The highest BCUT2D eigenvalue weighted by molar-refractivity contribution is 6.29. The quantitative estimate of drug-likeness (QED) is 0.295. The van der Waals surface area contributed by atoms with Crippen molar-refractivity contribution in [1.29, 1.82) is 0 Å². The molecule has 0 bridgehead atoms. The van der Waals surface area contributed by atoms with Gasteiger partial charge in [0.2, 0.25) is 0 Å². The van der Waals surface area contributed by atoms with Crippen LogP contribution in [0.5, 0.6) is 0 Å². The van der Waals surface area contributed by atoms with E-state index in [1.807, 2.05) is 12.1 Å². The lowest BCUT2D eigenvalue weighted by Crippen LogP contribution is -2.14. The largest absolute Gasteiger partial charge is 0.416 e. The molecule has 10 heteroatoms. The van der Waals surface area contributed by atoms with Gasteiger partial charge in [0, 0.05) is 40.3 Å². The van der Waals surface area contributed by atoms with E-state index in [1.165, 1.54) is 12.1 Å². The topological polar surface area (TPSA) is 72.2 Å². The highest BCUT2D eigenvalue weighted by Crippen LogP contribution is 2.30. The van der Waals surface area contributed by atoms with Gasteiger partial charge in [-0.15, -0.1) is 0 Å². The zero-order valence-corrected chi connectivity index (χ0v) is 18.5. The summed E-state index contributed by atoms with van der Waals surface area (Å²) in [5.41, 5.74) is 3.05. The summed E-state index contributed by atoms with van der Waals surface area (Å²) >= 11 is 5.89. The predicted molar refractivity (Wildman–Crippen MR) is 126 cm³/mol. The summed E-state index contributed by atoms with van der Waals surface area (Å²) in [6.45, 7) is 0. The highest BCUT2D eigenvalue weighted by atomic mass is 35.5. The van der Waals surface area contributed by atoms with Gasteiger partial charge in [-0.2, -0.15) is 18.3 Å². The molecule has 0 saturated heterocycles. The molecule has 0 aliphatic heterocycles. The number of fused-ring (bicyclic) bond motifs is 1. The maximum absolute atomic E-state index is 13.0. The average Bonchev–Trinajstić information content (AvgIpc) is 3.28. The second kappa shape index (κ2) is 8.84. The first kappa shape index (κ1) is 22.5. The van der Waals surface area contributed by atoms with Crippen LogP contribution in [0.15, 0.2) is 85.3 Å². The van der Waals surface area contributed by atoms with Gasteiger partial charge in [0.25, 0.3) is 5.91 Å². The molecular weight excluding hydrogens is 479 g/mol. The summed E-state index contributed by atoms with van der Waals surface area (Å²) < 4.78 is 40.7. The van der Waals surface area contributed by atoms with E-state index in [9.17, 15) is 18.0 Å². The van der Waals surface area contributed by atoms with Crippen LogP contribution >= 0.6 is 11.6 Å². The van der Waals surface area contributed by atoms with Crippen molar-refractivity contribution in [3.63, 3.8) is 0 Å². The number of aromatic nitrogens is 4. The summed E-state index contributed by atoms with van der Waals surface area (Å²) in [7, 11) is 0. The molecule has 0 aliphatic carbocycles. The molecule has 5 aromatic rings. The molecule has 5 rings (SSSR count). The molecule has 0 spiro atoms. The molecular formula is C25H15ClF3N5O. The van der Waals surface area contributed by atoms with Crippen LogP contribution in [0.1, 0.15) is 15.9 Å². The number of anilines is 1. The third kappa shape index (κ3) is 4.58. The minimum absolute atomic E-state index is 0.0928. The fourth-order valence-electron chi connectivity index (χ4n) is 3.65. The summed E-state index contributed by atoms with van der Waals surface area (Å²) in [6, 6.07) is 16.5. The van der Waals surface area contributed by atoms with E-state index in [0.29, 0.717) is 22.2 Å². The van der Waals surface area contributed by atoms with Crippen molar-refractivity contribution < 1.29 is 18.0 Å². The van der Waals surface area contributed by atoms with Gasteiger partial charge in [0.05, 0.1) is 17.5 Å². The zero-order chi connectivity index (χ0) is 24.6. The predicted octanol–water partition coefficient (Wildman–Crippen LogP) is 6.38. The Morgan fingerprint density at radius 2 is 1.74 bits per heavy atom. The fraction of sp³-hybridized carbons (Fsp3) is 0.0400. The maximum atomic E-state index is 13.0. The zero-order valence-electron chi connectivity index (χ0n) is 17.8. The van der Waals surface area contributed by atoms with E-state index in [1.54, 1.807) is 53.4 Å². The lowest BCUT2D eigenvalue weighted by molar-refractivity contribution is -0.137. The van der Waals surface area contributed by atoms with Crippen LogP contribution in [0, 0.1) is 0 Å². The Bertz CT molecular complexity index is 1550.